The highest BCUT2D eigenvalue weighted by Crippen LogP contribution is 2.34. The third-order valence-corrected chi connectivity index (χ3v) is 5.54. The molecule has 0 aromatic heterocycles. The van der Waals surface area contributed by atoms with E-state index < -0.39 is 32.4 Å². The minimum Gasteiger partial charge on any atom is -0.271 e. The lowest BCUT2D eigenvalue weighted by Gasteiger charge is -2.32. The zero-order chi connectivity index (χ0) is 15.8. The lowest BCUT2D eigenvalue weighted by Crippen LogP contribution is -2.47. The summed E-state index contributed by atoms with van der Waals surface area (Å²) in [6.45, 7) is 2.93. The number of benzene rings is 1. The Morgan fingerprint density at radius 3 is 1.90 bits per heavy atom. The standard InChI is InChI=1S/C12H17F3N2O2S/c1-11(2,20(3,18)19)10(17-16)8-4-6-9(7-5-8)12(13,14)15/h4-7,10,17H,16H2,1-3H3. The van der Waals surface area contributed by atoms with Gasteiger partial charge in [-0.2, -0.15) is 13.2 Å². The van der Waals surface area contributed by atoms with Crippen molar-refractivity contribution >= 4 is 9.84 Å². The van der Waals surface area contributed by atoms with Crippen molar-refractivity contribution in [1.29, 1.82) is 0 Å². The molecule has 0 heterocycles. The van der Waals surface area contributed by atoms with Crippen molar-refractivity contribution in [1.82, 2.24) is 5.43 Å². The molecule has 1 atom stereocenters. The maximum absolute atomic E-state index is 12.5. The maximum atomic E-state index is 12.5. The van der Waals surface area contributed by atoms with Crippen LogP contribution < -0.4 is 11.3 Å². The number of hydrogen-bond acceptors (Lipinski definition) is 4. The first-order valence-corrected chi connectivity index (χ1v) is 7.63. The van der Waals surface area contributed by atoms with E-state index in [4.69, 9.17) is 5.84 Å². The number of hydrogen-bond donors (Lipinski definition) is 2. The van der Waals surface area contributed by atoms with Crippen LogP contribution in [-0.4, -0.2) is 19.4 Å². The van der Waals surface area contributed by atoms with Crippen molar-refractivity contribution in [3.05, 3.63) is 35.4 Å². The first-order chi connectivity index (χ1) is 8.91. The summed E-state index contributed by atoms with van der Waals surface area (Å²) in [6, 6.07) is 3.43. The summed E-state index contributed by atoms with van der Waals surface area (Å²) in [5.41, 5.74) is 1.94. The summed E-state index contributed by atoms with van der Waals surface area (Å²) < 4.78 is 59.8. The molecule has 4 nitrogen and oxygen atoms in total. The average Bonchev–Trinajstić information content (AvgIpc) is 2.27. The first-order valence-electron chi connectivity index (χ1n) is 5.74. The van der Waals surface area contributed by atoms with Gasteiger partial charge < -0.3 is 0 Å². The monoisotopic (exact) mass is 310 g/mol. The molecular weight excluding hydrogens is 293 g/mol. The van der Waals surface area contributed by atoms with Gasteiger partial charge in [-0.05, 0) is 31.5 Å². The van der Waals surface area contributed by atoms with Crippen molar-refractivity contribution in [2.75, 3.05) is 6.26 Å². The normalized spacial score (nSPS) is 15.2. The molecule has 1 unspecified atom stereocenters. The summed E-state index contributed by atoms with van der Waals surface area (Å²) in [7, 11) is -3.47. The van der Waals surface area contributed by atoms with Crippen molar-refractivity contribution in [2.24, 2.45) is 5.84 Å². The molecule has 20 heavy (non-hydrogen) atoms. The average molecular weight is 310 g/mol. The van der Waals surface area contributed by atoms with E-state index in [0.717, 1.165) is 18.4 Å². The third-order valence-electron chi connectivity index (χ3n) is 3.39. The molecule has 8 heteroatoms. The molecule has 3 N–H and O–H groups in total. The molecular formula is C12H17F3N2O2S. The maximum Gasteiger partial charge on any atom is 0.416 e. The van der Waals surface area contributed by atoms with Gasteiger partial charge in [0.2, 0.25) is 0 Å². The number of halogens is 3. The smallest absolute Gasteiger partial charge is 0.271 e. The molecule has 1 aromatic rings. The lowest BCUT2D eigenvalue weighted by atomic mass is 9.95. The van der Waals surface area contributed by atoms with Crippen LogP contribution in [0.4, 0.5) is 13.2 Å². The number of hydrazine groups is 1. The van der Waals surface area contributed by atoms with Gasteiger partial charge in [-0.25, -0.2) is 8.42 Å². The Bertz CT molecular complexity index is 565. The molecule has 0 amide bonds. The third kappa shape index (κ3) is 3.31. The SMILES string of the molecule is CC(C)(C(NN)c1ccc(C(F)(F)F)cc1)S(C)(=O)=O. The van der Waals surface area contributed by atoms with E-state index >= 15 is 0 Å². The van der Waals surface area contributed by atoms with Crippen LogP contribution in [-0.2, 0) is 16.0 Å². The Labute approximate surface area is 116 Å². The molecule has 0 aliphatic carbocycles. The molecule has 0 spiro atoms. The largest absolute Gasteiger partial charge is 0.416 e. The van der Waals surface area contributed by atoms with Gasteiger partial charge >= 0.3 is 6.18 Å². The fourth-order valence-electron chi connectivity index (χ4n) is 1.78. The predicted octanol–water partition coefficient (Wildman–Crippen LogP) is 2.03. The van der Waals surface area contributed by atoms with Gasteiger partial charge in [0.15, 0.2) is 9.84 Å². The molecule has 0 radical (unpaired) electrons. The van der Waals surface area contributed by atoms with Crippen LogP contribution in [0.3, 0.4) is 0 Å². The van der Waals surface area contributed by atoms with Crippen molar-refractivity contribution in [3.8, 4) is 0 Å². The first kappa shape index (κ1) is 16.9. The zero-order valence-corrected chi connectivity index (χ0v) is 12.1. The van der Waals surface area contributed by atoms with Gasteiger partial charge in [-0.3, -0.25) is 11.3 Å². The lowest BCUT2D eigenvalue weighted by molar-refractivity contribution is -0.137. The number of rotatable bonds is 4. The van der Waals surface area contributed by atoms with E-state index in [1.807, 2.05) is 0 Å². The van der Waals surface area contributed by atoms with Crippen molar-refractivity contribution < 1.29 is 21.6 Å². The van der Waals surface area contributed by atoms with Gasteiger partial charge in [-0.15, -0.1) is 0 Å². The number of nitrogens with one attached hydrogen (secondary N) is 1. The summed E-state index contributed by atoms with van der Waals surface area (Å²) in [5, 5.41) is 0. The van der Waals surface area contributed by atoms with Crippen molar-refractivity contribution in [3.63, 3.8) is 0 Å². The predicted molar refractivity (Wildman–Crippen MR) is 70.4 cm³/mol. The van der Waals surface area contributed by atoms with Gasteiger partial charge in [0.25, 0.3) is 0 Å². The van der Waals surface area contributed by atoms with E-state index in [2.05, 4.69) is 5.43 Å². The second-order valence-electron chi connectivity index (χ2n) is 5.10. The van der Waals surface area contributed by atoms with Crippen LogP contribution in [0.5, 0.6) is 0 Å². The van der Waals surface area contributed by atoms with Crippen LogP contribution in [0.15, 0.2) is 24.3 Å². The van der Waals surface area contributed by atoms with E-state index in [9.17, 15) is 21.6 Å². The highest BCUT2D eigenvalue weighted by atomic mass is 32.2. The summed E-state index contributed by atoms with van der Waals surface area (Å²) in [4.78, 5) is 0. The molecule has 1 rings (SSSR count). The molecule has 0 aliphatic heterocycles. The topological polar surface area (TPSA) is 72.2 Å². The Kier molecular flexibility index (Phi) is 4.52. The number of alkyl halides is 3. The molecule has 0 saturated carbocycles. The Balaban J connectivity index is 3.22. The second-order valence-corrected chi connectivity index (χ2v) is 7.69. The van der Waals surface area contributed by atoms with Gasteiger partial charge in [0.05, 0.1) is 16.4 Å². The van der Waals surface area contributed by atoms with Gasteiger partial charge in [0, 0.05) is 6.26 Å². The van der Waals surface area contributed by atoms with Gasteiger partial charge in [0.1, 0.15) is 0 Å². The molecule has 0 aliphatic rings. The van der Waals surface area contributed by atoms with Crippen LogP contribution in [0.2, 0.25) is 0 Å². The molecule has 0 fully saturated rings. The fraction of sp³-hybridized carbons (Fsp3) is 0.500. The van der Waals surface area contributed by atoms with Crippen LogP contribution in [0.1, 0.15) is 31.0 Å². The van der Waals surface area contributed by atoms with Crippen LogP contribution in [0.25, 0.3) is 0 Å². The van der Waals surface area contributed by atoms with Gasteiger partial charge in [-0.1, -0.05) is 12.1 Å². The van der Waals surface area contributed by atoms with E-state index in [1.54, 1.807) is 0 Å². The minimum atomic E-state index is -4.43. The second kappa shape index (κ2) is 5.34. The summed E-state index contributed by atoms with van der Waals surface area (Å²) in [5.74, 6) is 5.37. The summed E-state index contributed by atoms with van der Waals surface area (Å²) >= 11 is 0. The van der Waals surface area contributed by atoms with Crippen LogP contribution >= 0.6 is 0 Å². The Hall–Kier alpha value is -1.12. The fourth-order valence-corrected chi connectivity index (χ4v) is 2.41. The van der Waals surface area contributed by atoms with E-state index in [0.29, 0.717) is 5.56 Å². The highest BCUT2D eigenvalue weighted by Gasteiger charge is 2.40. The van der Waals surface area contributed by atoms with E-state index in [1.165, 1.54) is 26.0 Å². The zero-order valence-electron chi connectivity index (χ0n) is 11.3. The Morgan fingerprint density at radius 2 is 1.60 bits per heavy atom. The Morgan fingerprint density at radius 1 is 1.15 bits per heavy atom. The van der Waals surface area contributed by atoms with Crippen molar-refractivity contribution in [2.45, 2.75) is 30.8 Å². The molecule has 0 saturated heterocycles. The summed E-state index contributed by atoms with van der Waals surface area (Å²) in [6.07, 6.45) is -3.38. The van der Waals surface area contributed by atoms with Crippen LogP contribution in [0, 0.1) is 0 Å². The molecule has 1 aromatic carbocycles. The minimum absolute atomic E-state index is 0.371. The molecule has 0 bridgehead atoms. The van der Waals surface area contributed by atoms with E-state index in [-0.39, 0.29) is 0 Å². The quantitative estimate of drug-likeness (QED) is 0.659. The number of nitrogens with two attached hydrogens (primary N) is 1. The molecule has 114 valence electrons. The highest BCUT2D eigenvalue weighted by molar-refractivity contribution is 7.92. The number of sulfone groups is 1.